The number of aromatic nitrogens is 1. The van der Waals surface area contributed by atoms with Gasteiger partial charge < -0.3 is 21.3 Å². The van der Waals surface area contributed by atoms with Crippen LogP contribution in [0.25, 0.3) is 10.2 Å². The van der Waals surface area contributed by atoms with Crippen LogP contribution in [0.4, 0.5) is 0 Å². The monoisotopic (exact) mass is 527 g/mol. The maximum Gasteiger partial charge on any atom is 0.243 e. The minimum atomic E-state index is -0.713. The maximum absolute atomic E-state index is 13.6. The molecule has 0 spiro atoms. The van der Waals surface area contributed by atoms with E-state index in [1.807, 2.05) is 6.07 Å². The molecule has 8 nitrogen and oxygen atoms in total. The highest BCUT2D eigenvalue weighted by Crippen LogP contribution is 2.28. The smallest absolute Gasteiger partial charge is 0.243 e. The highest BCUT2D eigenvalue weighted by atomic mass is 32.1. The normalized spacial score (nSPS) is 18.3. The highest BCUT2D eigenvalue weighted by Gasteiger charge is 2.31. The van der Waals surface area contributed by atoms with E-state index in [0.29, 0.717) is 44.3 Å². The summed E-state index contributed by atoms with van der Waals surface area (Å²) >= 11 is 1.58. The van der Waals surface area contributed by atoms with Crippen LogP contribution in [-0.4, -0.2) is 54.4 Å². The second-order valence-electron chi connectivity index (χ2n) is 10.8. The zero-order valence-electron chi connectivity index (χ0n) is 22.3. The van der Waals surface area contributed by atoms with Crippen molar-refractivity contribution >= 4 is 39.3 Å². The fraction of sp³-hybridized carbons (Fsp3) is 0.643. The Labute approximate surface area is 223 Å². The molecule has 3 amide bonds. The van der Waals surface area contributed by atoms with Crippen LogP contribution < -0.4 is 21.3 Å². The Bertz CT molecular complexity index is 1090. The van der Waals surface area contributed by atoms with Gasteiger partial charge >= 0.3 is 0 Å². The molecule has 4 N–H and O–H groups in total. The molecule has 1 aliphatic heterocycles. The van der Waals surface area contributed by atoms with Crippen molar-refractivity contribution in [2.24, 2.45) is 11.8 Å². The van der Waals surface area contributed by atoms with Gasteiger partial charge in [0.25, 0.3) is 0 Å². The van der Waals surface area contributed by atoms with Gasteiger partial charge in [-0.2, -0.15) is 0 Å². The molecule has 1 saturated carbocycles. The predicted molar refractivity (Wildman–Crippen MR) is 148 cm³/mol. The van der Waals surface area contributed by atoms with Gasteiger partial charge in [-0.1, -0.05) is 46.1 Å². The zero-order valence-corrected chi connectivity index (χ0v) is 23.1. The molecule has 1 aliphatic carbocycles. The molecule has 0 unspecified atom stereocenters. The largest absolute Gasteiger partial charge is 0.354 e. The van der Waals surface area contributed by atoms with Gasteiger partial charge in [-0.05, 0) is 42.4 Å². The Hall–Kier alpha value is -2.52. The van der Waals surface area contributed by atoms with Crippen molar-refractivity contribution < 1.29 is 14.4 Å². The van der Waals surface area contributed by atoms with Crippen LogP contribution in [0.1, 0.15) is 75.8 Å². The van der Waals surface area contributed by atoms with Crippen LogP contribution in [0.15, 0.2) is 18.2 Å². The molecule has 2 atom stereocenters. The predicted octanol–water partition coefficient (Wildman–Crippen LogP) is 3.26. The van der Waals surface area contributed by atoms with Gasteiger partial charge in [0.1, 0.15) is 6.04 Å². The maximum atomic E-state index is 13.6. The minimum absolute atomic E-state index is 0.00884. The molecule has 0 bridgehead atoms. The van der Waals surface area contributed by atoms with Crippen LogP contribution >= 0.6 is 11.3 Å². The number of nitrogens with zero attached hydrogens (tertiary/aromatic N) is 1. The SMILES string of the molecule is CCC(=O)N[C@@H](Cc1nc2ccc(C(C)C)cc2s1)C(=O)N[C@H](CNC(=O)C1CNC1)C1CCCCC1. The standard InChI is InChI=1S/C28H41N5O3S/c1-4-25(34)31-22(13-26-32-21-11-10-19(17(2)3)12-24(21)37-26)28(36)33-23(18-8-6-5-7-9-18)16-30-27(35)20-14-29-15-20/h10-12,17-18,20,22-23,29H,4-9,13-16H2,1-3H3,(H,30,35)(H,31,34)(H,33,36)/t22-,23+/m0/s1. The second-order valence-corrected chi connectivity index (χ2v) is 11.9. The van der Waals surface area contributed by atoms with Crippen molar-refractivity contribution in [2.75, 3.05) is 19.6 Å². The highest BCUT2D eigenvalue weighted by molar-refractivity contribution is 7.18. The van der Waals surface area contributed by atoms with Crippen LogP contribution in [0.5, 0.6) is 0 Å². The summed E-state index contributed by atoms with van der Waals surface area (Å²) in [6, 6.07) is 5.43. The van der Waals surface area contributed by atoms with Gasteiger partial charge in [-0.15, -0.1) is 11.3 Å². The summed E-state index contributed by atoms with van der Waals surface area (Å²) in [4.78, 5) is 43.2. The van der Waals surface area contributed by atoms with E-state index in [-0.39, 0.29) is 29.7 Å². The lowest BCUT2D eigenvalue weighted by atomic mass is 9.83. The number of amides is 3. The summed E-state index contributed by atoms with van der Waals surface area (Å²) in [7, 11) is 0. The third kappa shape index (κ3) is 7.29. The van der Waals surface area contributed by atoms with Crippen molar-refractivity contribution in [3.63, 3.8) is 0 Å². The molecular formula is C28H41N5O3S. The Morgan fingerprint density at radius 3 is 2.51 bits per heavy atom. The van der Waals surface area contributed by atoms with Crippen molar-refractivity contribution in [3.8, 4) is 0 Å². The molecule has 1 saturated heterocycles. The molecule has 2 aliphatic rings. The van der Waals surface area contributed by atoms with Crippen molar-refractivity contribution in [1.29, 1.82) is 0 Å². The summed E-state index contributed by atoms with van der Waals surface area (Å²) in [5, 5.41) is 13.2. The molecule has 9 heteroatoms. The lowest BCUT2D eigenvalue weighted by Gasteiger charge is -2.33. The molecule has 2 aromatic rings. The second kappa shape index (κ2) is 12.8. The molecule has 2 heterocycles. The first-order valence-electron chi connectivity index (χ1n) is 13.8. The van der Waals surface area contributed by atoms with Crippen molar-refractivity contribution in [2.45, 2.75) is 83.7 Å². The number of carbonyl (C=O) groups excluding carboxylic acids is 3. The molecule has 2 fully saturated rings. The summed E-state index contributed by atoms with van der Waals surface area (Å²) in [6.45, 7) is 7.94. The van der Waals surface area contributed by atoms with E-state index in [1.165, 1.54) is 12.0 Å². The average molecular weight is 528 g/mol. The number of hydrogen-bond donors (Lipinski definition) is 4. The molecule has 1 aromatic heterocycles. The minimum Gasteiger partial charge on any atom is -0.354 e. The number of fused-ring (bicyclic) bond motifs is 1. The summed E-state index contributed by atoms with van der Waals surface area (Å²) in [5.41, 5.74) is 2.17. The van der Waals surface area contributed by atoms with Crippen LogP contribution in [0, 0.1) is 11.8 Å². The lowest BCUT2D eigenvalue weighted by Crippen LogP contribution is -2.57. The van der Waals surface area contributed by atoms with Gasteiger partial charge in [0.2, 0.25) is 17.7 Å². The van der Waals surface area contributed by atoms with E-state index >= 15 is 0 Å². The fourth-order valence-electron chi connectivity index (χ4n) is 5.10. The Morgan fingerprint density at radius 2 is 1.86 bits per heavy atom. The Morgan fingerprint density at radius 1 is 1.11 bits per heavy atom. The van der Waals surface area contributed by atoms with E-state index in [0.717, 1.165) is 40.9 Å². The summed E-state index contributed by atoms with van der Waals surface area (Å²) in [5.74, 6) is 0.420. The van der Waals surface area contributed by atoms with E-state index < -0.39 is 6.04 Å². The molecule has 37 heavy (non-hydrogen) atoms. The number of benzene rings is 1. The third-order valence-corrected chi connectivity index (χ3v) is 8.71. The number of thiazole rings is 1. The number of hydrogen-bond acceptors (Lipinski definition) is 6. The average Bonchev–Trinajstić information content (AvgIpc) is 3.27. The Kier molecular flexibility index (Phi) is 9.54. The van der Waals surface area contributed by atoms with Gasteiger partial charge in [0.15, 0.2) is 0 Å². The first-order valence-corrected chi connectivity index (χ1v) is 14.6. The number of nitrogens with one attached hydrogen (secondary N) is 4. The van der Waals surface area contributed by atoms with Crippen molar-refractivity contribution in [3.05, 3.63) is 28.8 Å². The van der Waals surface area contributed by atoms with Crippen LogP contribution in [0.3, 0.4) is 0 Å². The molecule has 202 valence electrons. The molecular weight excluding hydrogens is 486 g/mol. The van der Waals surface area contributed by atoms with Gasteiger partial charge in [0, 0.05) is 38.5 Å². The third-order valence-electron chi connectivity index (χ3n) is 7.67. The zero-order chi connectivity index (χ0) is 26.4. The van der Waals surface area contributed by atoms with E-state index in [2.05, 4.69) is 47.2 Å². The first kappa shape index (κ1) is 27.5. The van der Waals surface area contributed by atoms with Crippen LogP contribution in [-0.2, 0) is 20.8 Å². The molecule has 4 rings (SSSR count). The van der Waals surface area contributed by atoms with Gasteiger partial charge in [0.05, 0.1) is 21.1 Å². The van der Waals surface area contributed by atoms with Gasteiger partial charge in [-0.3, -0.25) is 14.4 Å². The topological polar surface area (TPSA) is 112 Å². The van der Waals surface area contributed by atoms with E-state index in [1.54, 1.807) is 18.3 Å². The number of carbonyl (C=O) groups is 3. The fourth-order valence-corrected chi connectivity index (χ4v) is 6.16. The van der Waals surface area contributed by atoms with Crippen molar-refractivity contribution in [1.82, 2.24) is 26.3 Å². The Balaban J connectivity index is 1.48. The van der Waals surface area contributed by atoms with E-state index in [9.17, 15) is 14.4 Å². The van der Waals surface area contributed by atoms with Crippen LogP contribution in [0.2, 0.25) is 0 Å². The van der Waals surface area contributed by atoms with Gasteiger partial charge in [-0.25, -0.2) is 4.98 Å². The summed E-state index contributed by atoms with van der Waals surface area (Å²) < 4.78 is 1.09. The quantitative estimate of drug-likeness (QED) is 0.358. The molecule has 0 radical (unpaired) electrons. The lowest BCUT2D eigenvalue weighted by molar-refractivity contribution is -0.130. The molecule has 1 aromatic carbocycles. The first-order chi connectivity index (χ1) is 17.8. The van der Waals surface area contributed by atoms with E-state index in [4.69, 9.17) is 4.98 Å². The summed E-state index contributed by atoms with van der Waals surface area (Å²) in [6.07, 6.45) is 6.20. The number of rotatable bonds is 11.